The van der Waals surface area contributed by atoms with Gasteiger partial charge in [-0.2, -0.15) is 5.26 Å². The van der Waals surface area contributed by atoms with E-state index in [0.717, 1.165) is 10.6 Å². The molecule has 0 atom stereocenters. The first kappa shape index (κ1) is 22.9. The molecule has 5 heterocycles. The highest BCUT2D eigenvalue weighted by Gasteiger charge is 2.19. The number of nitriles is 1. The molecule has 180 valence electrons. The first-order valence-electron chi connectivity index (χ1n) is 10.6. The third-order valence-corrected chi connectivity index (χ3v) is 6.63. The molecule has 0 aromatic carbocycles. The fourth-order valence-corrected chi connectivity index (χ4v) is 4.07. The maximum Gasteiger partial charge on any atom is 0.264 e. The van der Waals surface area contributed by atoms with Crippen LogP contribution in [0.5, 0.6) is 0 Å². The predicted octanol–water partition coefficient (Wildman–Crippen LogP) is 2.95. The fourth-order valence-electron chi connectivity index (χ4n) is 3.60. The summed E-state index contributed by atoms with van der Waals surface area (Å²) in [6, 6.07) is 11.0. The third-order valence-electron chi connectivity index (χ3n) is 5.46. The Morgan fingerprint density at radius 2 is 1.94 bits per heavy atom. The van der Waals surface area contributed by atoms with E-state index in [4.69, 9.17) is 4.42 Å². The van der Waals surface area contributed by atoms with Crippen LogP contribution in [0.1, 0.15) is 11.1 Å². The molecule has 0 amide bonds. The van der Waals surface area contributed by atoms with Crippen LogP contribution >= 0.6 is 0 Å². The Morgan fingerprint density at radius 3 is 2.69 bits per heavy atom. The molecule has 36 heavy (non-hydrogen) atoms. The number of hydrogen-bond donors (Lipinski definition) is 2. The van der Waals surface area contributed by atoms with Gasteiger partial charge >= 0.3 is 0 Å². The summed E-state index contributed by atoms with van der Waals surface area (Å²) in [6.07, 6.45) is 7.36. The first-order valence-corrected chi connectivity index (χ1v) is 12.5. The molecule has 0 aliphatic carbocycles. The summed E-state index contributed by atoms with van der Waals surface area (Å²) in [7, 11) is -2.07. The molecule has 0 saturated carbocycles. The standard InChI is InChI=1S/C23H19N9O3S/c1-32(36(2,33)34)21-14(5-4-8-26-21)12-27-19-16(10-24)13-28-20-17(19)9-18(29-20)23-31-30-22(35-23)15-6-3-7-25-11-15/h3-9,11,13H,12H2,1-2H3,(H2,27,28,29). The fraction of sp³-hybridized carbons (Fsp3) is 0.130. The van der Waals surface area contributed by atoms with Crippen molar-refractivity contribution >= 4 is 32.6 Å². The van der Waals surface area contributed by atoms with Crippen molar-refractivity contribution in [1.82, 2.24) is 30.1 Å². The van der Waals surface area contributed by atoms with Crippen molar-refractivity contribution < 1.29 is 12.8 Å². The van der Waals surface area contributed by atoms with Gasteiger partial charge in [0.15, 0.2) is 0 Å². The Morgan fingerprint density at radius 1 is 1.14 bits per heavy atom. The number of aromatic nitrogens is 6. The summed E-state index contributed by atoms with van der Waals surface area (Å²) in [6.45, 7) is 0.211. The van der Waals surface area contributed by atoms with E-state index in [-0.39, 0.29) is 12.4 Å². The van der Waals surface area contributed by atoms with E-state index < -0.39 is 10.0 Å². The number of sulfonamides is 1. The molecular weight excluding hydrogens is 482 g/mol. The molecule has 0 spiro atoms. The molecule has 5 aromatic heterocycles. The lowest BCUT2D eigenvalue weighted by molar-refractivity contribution is 0.582. The molecule has 0 fully saturated rings. The molecule has 0 radical (unpaired) electrons. The van der Waals surface area contributed by atoms with Gasteiger partial charge in [-0.1, -0.05) is 6.07 Å². The number of fused-ring (bicyclic) bond motifs is 1. The van der Waals surface area contributed by atoms with Gasteiger partial charge in [-0.25, -0.2) is 18.4 Å². The number of H-pyrrole nitrogens is 1. The molecule has 0 unspecified atom stereocenters. The smallest absolute Gasteiger partial charge is 0.264 e. The van der Waals surface area contributed by atoms with Crippen molar-refractivity contribution in [2.45, 2.75) is 6.54 Å². The summed E-state index contributed by atoms with van der Waals surface area (Å²) >= 11 is 0. The van der Waals surface area contributed by atoms with E-state index in [1.807, 2.05) is 6.07 Å². The Kier molecular flexibility index (Phi) is 5.79. The monoisotopic (exact) mass is 501 g/mol. The van der Waals surface area contributed by atoms with Crippen LogP contribution in [0.2, 0.25) is 0 Å². The third kappa shape index (κ3) is 4.32. The first-order chi connectivity index (χ1) is 17.3. The SMILES string of the molecule is CN(c1ncccc1CNc1c(C#N)cnc2[nH]c(-c3nnc(-c4cccnc4)o3)cc12)S(C)(=O)=O. The molecule has 5 rings (SSSR count). The van der Waals surface area contributed by atoms with Crippen LogP contribution in [0, 0.1) is 11.3 Å². The molecule has 0 bridgehead atoms. The molecule has 0 aliphatic rings. The van der Waals surface area contributed by atoms with Crippen molar-refractivity contribution in [2.24, 2.45) is 0 Å². The second kappa shape index (κ2) is 9.08. The average Bonchev–Trinajstić information content (AvgIpc) is 3.54. The van der Waals surface area contributed by atoms with Gasteiger partial charge in [0.2, 0.25) is 15.9 Å². The number of pyridine rings is 3. The van der Waals surface area contributed by atoms with Gasteiger partial charge in [0.25, 0.3) is 5.89 Å². The zero-order chi connectivity index (χ0) is 25.3. The number of rotatable bonds is 7. The number of nitrogens with one attached hydrogen (secondary N) is 2. The van der Waals surface area contributed by atoms with Gasteiger partial charge < -0.3 is 14.7 Å². The quantitative estimate of drug-likeness (QED) is 0.338. The van der Waals surface area contributed by atoms with Crippen LogP contribution in [-0.2, 0) is 16.6 Å². The summed E-state index contributed by atoms with van der Waals surface area (Å²) < 4.78 is 31.0. The van der Waals surface area contributed by atoms with Gasteiger partial charge in [0.1, 0.15) is 23.2 Å². The molecular formula is C23H19N9O3S. The van der Waals surface area contributed by atoms with Crippen LogP contribution in [0.25, 0.3) is 34.1 Å². The largest absolute Gasteiger partial charge is 0.415 e. The minimum absolute atomic E-state index is 0.211. The Hall–Kier alpha value is -4.83. The molecule has 0 saturated heterocycles. The van der Waals surface area contributed by atoms with Gasteiger partial charge in [-0.3, -0.25) is 9.29 Å². The van der Waals surface area contributed by atoms with Crippen LogP contribution in [0.3, 0.4) is 0 Å². The van der Waals surface area contributed by atoms with Crippen LogP contribution in [0.15, 0.2) is 59.5 Å². The van der Waals surface area contributed by atoms with Gasteiger partial charge in [0.05, 0.1) is 23.1 Å². The average molecular weight is 502 g/mol. The molecule has 13 heteroatoms. The summed E-state index contributed by atoms with van der Waals surface area (Å²) in [5, 5.41) is 21.8. The van der Waals surface area contributed by atoms with Crippen molar-refractivity contribution in [3.05, 3.63) is 66.2 Å². The van der Waals surface area contributed by atoms with E-state index >= 15 is 0 Å². The highest BCUT2D eigenvalue weighted by Crippen LogP contribution is 2.32. The van der Waals surface area contributed by atoms with Crippen molar-refractivity contribution in [2.75, 3.05) is 22.9 Å². The van der Waals surface area contributed by atoms with Crippen molar-refractivity contribution in [3.63, 3.8) is 0 Å². The molecule has 12 nitrogen and oxygen atoms in total. The van der Waals surface area contributed by atoms with E-state index in [2.05, 4.69) is 41.5 Å². The van der Waals surface area contributed by atoms with E-state index in [1.54, 1.807) is 36.7 Å². The topological polar surface area (TPSA) is 167 Å². The highest BCUT2D eigenvalue weighted by molar-refractivity contribution is 7.92. The van der Waals surface area contributed by atoms with Crippen molar-refractivity contribution in [3.8, 4) is 29.1 Å². The normalized spacial score (nSPS) is 11.4. The zero-order valence-electron chi connectivity index (χ0n) is 19.2. The maximum absolute atomic E-state index is 12.0. The Labute approximate surface area is 205 Å². The van der Waals surface area contributed by atoms with E-state index in [0.29, 0.717) is 50.8 Å². The van der Waals surface area contributed by atoms with E-state index in [1.165, 1.54) is 19.4 Å². The van der Waals surface area contributed by atoms with Crippen LogP contribution in [-0.4, -0.2) is 51.9 Å². The van der Waals surface area contributed by atoms with E-state index in [9.17, 15) is 13.7 Å². The van der Waals surface area contributed by atoms with Crippen LogP contribution in [0.4, 0.5) is 11.5 Å². The Bertz CT molecular complexity index is 1710. The van der Waals surface area contributed by atoms with Crippen LogP contribution < -0.4 is 9.62 Å². The summed E-state index contributed by atoms with van der Waals surface area (Å²) in [5.41, 5.74) is 3.19. The molecule has 2 N–H and O–H groups in total. The Balaban J connectivity index is 1.49. The lowest BCUT2D eigenvalue weighted by atomic mass is 10.1. The summed E-state index contributed by atoms with van der Waals surface area (Å²) in [4.78, 5) is 15.8. The molecule has 0 aliphatic heterocycles. The van der Waals surface area contributed by atoms with Gasteiger partial charge in [-0.15, -0.1) is 10.2 Å². The highest BCUT2D eigenvalue weighted by atomic mass is 32.2. The second-order valence-electron chi connectivity index (χ2n) is 7.83. The predicted molar refractivity (Wildman–Crippen MR) is 132 cm³/mol. The number of nitrogens with zero attached hydrogens (tertiary/aromatic N) is 7. The number of anilines is 2. The lowest BCUT2D eigenvalue weighted by Gasteiger charge is -2.19. The maximum atomic E-state index is 12.0. The minimum atomic E-state index is -3.51. The van der Waals surface area contributed by atoms with Gasteiger partial charge in [0, 0.05) is 49.3 Å². The van der Waals surface area contributed by atoms with Crippen molar-refractivity contribution in [1.29, 1.82) is 5.26 Å². The summed E-state index contributed by atoms with van der Waals surface area (Å²) in [5.74, 6) is 0.861. The minimum Gasteiger partial charge on any atom is -0.415 e. The zero-order valence-corrected chi connectivity index (χ0v) is 20.0. The lowest BCUT2D eigenvalue weighted by Crippen LogP contribution is -2.27. The number of hydrogen-bond acceptors (Lipinski definition) is 10. The molecule has 5 aromatic rings. The second-order valence-corrected chi connectivity index (χ2v) is 9.84. The van der Waals surface area contributed by atoms with Gasteiger partial charge in [-0.05, 0) is 24.3 Å². The number of aromatic amines is 1.